The number of amides is 1. The van der Waals surface area contributed by atoms with Gasteiger partial charge >= 0.3 is 0 Å². The number of halogens is 4. The Balaban J connectivity index is 0.00000190. The lowest BCUT2D eigenvalue weighted by Crippen LogP contribution is -2.53. The first-order chi connectivity index (χ1) is 16.6. The van der Waals surface area contributed by atoms with Crippen LogP contribution in [-0.2, 0) is 4.79 Å². The van der Waals surface area contributed by atoms with E-state index in [1.807, 2.05) is 17.0 Å². The molecular weight excluding hydrogens is 556 g/mol. The number of piperazine rings is 1. The van der Waals surface area contributed by atoms with E-state index in [0.717, 1.165) is 35.5 Å². The van der Waals surface area contributed by atoms with Crippen molar-refractivity contribution in [2.75, 3.05) is 31.1 Å². The third kappa shape index (κ3) is 5.97. The second-order valence-corrected chi connectivity index (χ2v) is 11.6. The van der Waals surface area contributed by atoms with Crippen molar-refractivity contribution in [2.45, 2.75) is 69.6 Å². The highest BCUT2D eigenvalue weighted by atomic mass is 35.5. The summed E-state index contributed by atoms with van der Waals surface area (Å²) in [6, 6.07) is 5.45. The van der Waals surface area contributed by atoms with Gasteiger partial charge in [0.05, 0.1) is 17.7 Å². The van der Waals surface area contributed by atoms with Gasteiger partial charge in [0, 0.05) is 53.4 Å². The first-order valence-electron chi connectivity index (χ1n) is 12.4. The molecule has 1 aromatic heterocycles. The molecule has 0 radical (unpaired) electrons. The van der Waals surface area contributed by atoms with Crippen molar-refractivity contribution in [1.82, 2.24) is 20.2 Å². The summed E-state index contributed by atoms with van der Waals surface area (Å²) in [5, 5.41) is 15.1. The predicted octanol–water partition coefficient (Wildman–Crippen LogP) is 5.13. The number of fused-ring (bicyclic) bond motifs is 1. The third-order valence-electron chi connectivity index (χ3n) is 7.79. The van der Waals surface area contributed by atoms with Crippen LogP contribution in [0.25, 0.3) is 0 Å². The van der Waals surface area contributed by atoms with Crippen molar-refractivity contribution in [2.24, 2.45) is 0 Å². The normalized spacial score (nSPS) is 25.2. The number of aliphatic hydroxyl groups excluding tert-OH is 1. The third-order valence-corrected chi connectivity index (χ3v) is 8.35. The van der Waals surface area contributed by atoms with Gasteiger partial charge < -0.3 is 20.2 Å². The van der Waals surface area contributed by atoms with Gasteiger partial charge in [0.25, 0.3) is 0 Å². The number of anilines is 1. The molecule has 0 saturated carbocycles. The topological polar surface area (TPSA) is 81.6 Å². The fraction of sp³-hybridized carbons (Fsp3) is 0.577. The highest BCUT2D eigenvalue weighted by molar-refractivity contribution is 6.35. The molecule has 0 unspecified atom stereocenters. The first-order valence-corrected chi connectivity index (χ1v) is 13.2. The number of aliphatic hydroxyl groups is 1. The second-order valence-electron chi connectivity index (χ2n) is 10.8. The predicted molar refractivity (Wildman–Crippen MR) is 153 cm³/mol. The highest BCUT2D eigenvalue weighted by Crippen LogP contribution is 2.43. The summed E-state index contributed by atoms with van der Waals surface area (Å²) in [7, 11) is 0. The summed E-state index contributed by atoms with van der Waals surface area (Å²) in [5.74, 6) is 0.832. The van der Waals surface area contributed by atoms with Crippen molar-refractivity contribution < 1.29 is 9.90 Å². The molecule has 2 saturated heterocycles. The SMILES string of the molecule is C[C@@H]1C[C@@H](O)c2ncnc(N3CCN(C(=O)[C@@H](c4ccc(Cl)cc4Cl)[C@@H]4CCC(C)(C)N4)CC3)c21.Cl.Cl. The number of rotatable bonds is 4. The van der Waals surface area contributed by atoms with Gasteiger partial charge in [-0.05, 0) is 56.7 Å². The van der Waals surface area contributed by atoms with Crippen molar-refractivity contribution >= 4 is 59.7 Å². The minimum atomic E-state index is -0.530. The summed E-state index contributed by atoms with van der Waals surface area (Å²) in [4.78, 5) is 27.1. The molecule has 11 heteroatoms. The molecule has 5 rings (SSSR count). The quantitative estimate of drug-likeness (QED) is 0.514. The van der Waals surface area contributed by atoms with E-state index in [1.165, 1.54) is 0 Å². The molecule has 2 fully saturated rings. The maximum absolute atomic E-state index is 14.0. The summed E-state index contributed by atoms with van der Waals surface area (Å²) >= 11 is 12.8. The van der Waals surface area contributed by atoms with Gasteiger partial charge in [-0.15, -0.1) is 24.8 Å². The number of nitrogens with one attached hydrogen (secondary N) is 1. The van der Waals surface area contributed by atoms with Crippen LogP contribution in [0.2, 0.25) is 10.0 Å². The summed E-state index contributed by atoms with van der Waals surface area (Å²) in [5.41, 5.74) is 2.60. The molecule has 2 N–H and O–H groups in total. The fourth-order valence-electron chi connectivity index (χ4n) is 5.98. The Kier molecular flexibility index (Phi) is 9.63. The largest absolute Gasteiger partial charge is 0.387 e. The average Bonchev–Trinajstić information content (AvgIpc) is 3.33. The molecule has 1 amide bonds. The van der Waals surface area contributed by atoms with Crippen LogP contribution in [-0.4, -0.2) is 63.6 Å². The number of carbonyl (C=O) groups excluding carboxylic acids is 1. The van der Waals surface area contributed by atoms with Crippen LogP contribution in [0.3, 0.4) is 0 Å². The minimum absolute atomic E-state index is 0. The lowest BCUT2D eigenvalue weighted by atomic mass is 9.88. The molecule has 0 spiro atoms. The van der Waals surface area contributed by atoms with Crippen LogP contribution in [0.1, 0.15) is 74.8 Å². The number of nitrogens with zero attached hydrogens (tertiary/aromatic N) is 4. The van der Waals surface area contributed by atoms with Gasteiger partial charge in [-0.3, -0.25) is 4.79 Å². The summed E-state index contributed by atoms with van der Waals surface area (Å²) < 4.78 is 0. The van der Waals surface area contributed by atoms with E-state index in [1.54, 1.807) is 12.4 Å². The van der Waals surface area contributed by atoms with Crippen LogP contribution >= 0.6 is 48.0 Å². The Morgan fingerprint density at radius 3 is 2.49 bits per heavy atom. The molecule has 2 aliphatic heterocycles. The van der Waals surface area contributed by atoms with E-state index in [4.69, 9.17) is 23.2 Å². The Hall–Kier alpha value is -1.35. The van der Waals surface area contributed by atoms with E-state index < -0.39 is 6.10 Å². The van der Waals surface area contributed by atoms with E-state index in [0.29, 0.717) is 42.6 Å². The molecule has 3 aliphatic rings. The molecule has 4 atom stereocenters. The maximum Gasteiger partial charge on any atom is 0.231 e. The van der Waals surface area contributed by atoms with Gasteiger partial charge in [-0.1, -0.05) is 36.2 Å². The molecule has 1 aromatic carbocycles. The van der Waals surface area contributed by atoms with Gasteiger partial charge in [0.2, 0.25) is 5.91 Å². The zero-order valence-electron chi connectivity index (χ0n) is 21.3. The molecule has 3 heterocycles. The lowest BCUT2D eigenvalue weighted by Gasteiger charge is -2.39. The van der Waals surface area contributed by atoms with E-state index in [2.05, 4.69) is 41.0 Å². The first kappa shape index (κ1) is 30.2. The van der Waals surface area contributed by atoms with Crippen molar-refractivity contribution in [3.8, 4) is 0 Å². The Morgan fingerprint density at radius 2 is 1.86 bits per heavy atom. The molecule has 204 valence electrons. The van der Waals surface area contributed by atoms with Gasteiger partial charge in [0.1, 0.15) is 12.1 Å². The number of carbonyl (C=O) groups is 1. The molecule has 7 nitrogen and oxygen atoms in total. The summed E-state index contributed by atoms with van der Waals surface area (Å²) in [6.07, 6.45) is 3.60. The molecule has 1 aliphatic carbocycles. The highest BCUT2D eigenvalue weighted by Gasteiger charge is 2.42. The Labute approximate surface area is 241 Å². The van der Waals surface area contributed by atoms with Crippen LogP contribution < -0.4 is 10.2 Å². The van der Waals surface area contributed by atoms with Crippen LogP contribution in [0.5, 0.6) is 0 Å². The Bertz CT molecular complexity index is 1130. The smallest absolute Gasteiger partial charge is 0.231 e. The number of hydrogen-bond donors (Lipinski definition) is 2. The van der Waals surface area contributed by atoms with Crippen LogP contribution in [0, 0.1) is 0 Å². The van der Waals surface area contributed by atoms with Crippen LogP contribution in [0.4, 0.5) is 5.82 Å². The number of hydrogen-bond acceptors (Lipinski definition) is 6. The van der Waals surface area contributed by atoms with E-state index in [-0.39, 0.29) is 54.1 Å². The molecule has 2 aromatic rings. The van der Waals surface area contributed by atoms with Gasteiger partial charge in [-0.25, -0.2) is 9.97 Å². The van der Waals surface area contributed by atoms with E-state index >= 15 is 0 Å². The molecule has 0 bridgehead atoms. The average molecular weight is 591 g/mol. The molecule has 37 heavy (non-hydrogen) atoms. The number of benzene rings is 1. The van der Waals surface area contributed by atoms with Crippen molar-refractivity contribution in [3.05, 3.63) is 51.4 Å². The lowest BCUT2D eigenvalue weighted by molar-refractivity contribution is -0.133. The second kappa shape index (κ2) is 11.8. The van der Waals surface area contributed by atoms with Crippen molar-refractivity contribution in [3.63, 3.8) is 0 Å². The number of aromatic nitrogens is 2. The van der Waals surface area contributed by atoms with Gasteiger partial charge in [0.15, 0.2) is 0 Å². The maximum atomic E-state index is 14.0. The monoisotopic (exact) mass is 589 g/mol. The van der Waals surface area contributed by atoms with Crippen molar-refractivity contribution in [1.29, 1.82) is 0 Å². The Morgan fingerprint density at radius 1 is 1.16 bits per heavy atom. The standard InChI is InChI=1S/C26H33Cl2N5O2.2ClH/c1-15-12-20(34)23-21(15)24(30-14-29-23)32-8-10-33(11-9-32)25(35)22(19-6-7-26(2,3)31-19)17-5-4-16(27)13-18(17)28;;/h4-5,13-15,19-20,22,31,34H,6-12H2,1-3H3;2*1H/t15-,19+,20-,22+;;/m1../s1. The van der Waals surface area contributed by atoms with E-state index in [9.17, 15) is 9.90 Å². The summed E-state index contributed by atoms with van der Waals surface area (Å²) in [6.45, 7) is 9.03. The molecular formula is C26H35Cl4N5O2. The van der Waals surface area contributed by atoms with Crippen LogP contribution in [0.15, 0.2) is 24.5 Å². The zero-order chi connectivity index (χ0) is 24.9. The zero-order valence-corrected chi connectivity index (χ0v) is 24.4. The van der Waals surface area contributed by atoms with Gasteiger partial charge in [-0.2, -0.15) is 0 Å². The minimum Gasteiger partial charge on any atom is -0.387 e. The fourth-order valence-corrected chi connectivity index (χ4v) is 6.50.